The number of allylic oxidation sites excluding steroid dienone is 1. The van der Waals surface area contributed by atoms with Gasteiger partial charge in [-0.25, -0.2) is 0 Å². The van der Waals surface area contributed by atoms with Crippen LogP contribution >= 0.6 is 0 Å². The minimum absolute atomic E-state index is 0.177. The largest absolute Gasteiger partial charge is 0.480 e. The Bertz CT molecular complexity index is 239. The molecule has 0 aromatic rings. The first-order valence-electron chi connectivity index (χ1n) is 5.38. The van der Waals surface area contributed by atoms with Crippen molar-refractivity contribution in [2.45, 2.75) is 13.8 Å². The maximum Gasteiger partial charge on any atom is 0.317 e. The lowest BCUT2D eigenvalue weighted by molar-refractivity contribution is -0.138. The first-order chi connectivity index (χ1) is 7.08. The molecule has 0 unspecified atom stereocenters. The van der Waals surface area contributed by atoms with Crippen molar-refractivity contribution in [3.05, 3.63) is 11.6 Å². The molecular weight excluding hydrogens is 192 g/mol. The van der Waals surface area contributed by atoms with Crippen LogP contribution in [0.1, 0.15) is 13.8 Å². The summed E-state index contributed by atoms with van der Waals surface area (Å²) in [6, 6.07) is 0. The van der Waals surface area contributed by atoms with Crippen molar-refractivity contribution in [3.63, 3.8) is 0 Å². The summed E-state index contributed by atoms with van der Waals surface area (Å²) in [7, 11) is 0. The van der Waals surface area contributed by atoms with Crippen molar-refractivity contribution >= 4 is 5.97 Å². The van der Waals surface area contributed by atoms with Gasteiger partial charge in [0, 0.05) is 32.7 Å². The molecule has 4 nitrogen and oxygen atoms in total. The number of carboxylic acid groups (broad SMARTS) is 1. The molecule has 15 heavy (non-hydrogen) atoms. The molecule has 1 saturated heterocycles. The van der Waals surface area contributed by atoms with Crippen molar-refractivity contribution in [2.75, 3.05) is 39.3 Å². The standard InChI is InChI=1S/C11H20N2O2/c1-10(2)3-4-12-5-7-13(8-6-12)9-11(14)15/h3H,4-9H2,1-2H3,(H,14,15). The monoisotopic (exact) mass is 212 g/mol. The van der Waals surface area contributed by atoms with Gasteiger partial charge in [0.2, 0.25) is 0 Å². The van der Waals surface area contributed by atoms with Crippen LogP contribution in [0.15, 0.2) is 11.6 Å². The SMILES string of the molecule is CC(C)=CCN1CCN(CC(=O)O)CC1. The molecule has 0 saturated carbocycles. The fourth-order valence-corrected chi connectivity index (χ4v) is 1.63. The van der Waals surface area contributed by atoms with Gasteiger partial charge in [0.25, 0.3) is 0 Å². The molecule has 1 fully saturated rings. The third kappa shape index (κ3) is 4.95. The average molecular weight is 212 g/mol. The predicted octanol–water partition coefficient (Wildman–Crippen LogP) is 0.655. The molecule has 1 heterocycles. The van der Waals surface area contributed by atoms with Crippen LogP contribution in [0.25, 0.3) is 0 Å². The Morgan fingerprint density at radius 1 is 1.20 bits per heavy atom. The highest BCUT2D eigenvalue weighted by molar-refractivity contribution is 5.69. The second-order valence-corrected chi connectivity index (χ2v) is 4.25. The number of carbonyl (C=O) groups is 1. The Morgan fingerprint density at radius 2 is 1.73 bits per heavy atom. The van der Waals surface area contributed by atoms with Gasteiger partial charge in [0.1, 0.15) is 0 Å². The minimum Gasteiger partial charge on any atom is -0.480 e. The zero-order chi connectivity index (χ0) is 11.3. The summed E-state index contributed by atoms with van der Waals surface area (Å²) in [6.45, 7) is 9.03. The molecule has 0 atom stereocenters. The summed E-state index contributed by atoms with van der Waals surface area (Å²) in [5.41, 5.74) is 1.34. The number of aliphatic carboxylic acids is 1. The summed E-state index contributed by atoms with van der Waals surface area (Å²) >= 11 is 0. The molecule has 0 aromatic carbocycles. The zero-order valence-corrected chi connectivity index (χ0v) is 9.57. The lowest BCUT2D eigenvalue weighted by Crippen LogP contribution is -2.47. The van der Waals surface area contributed by atoms with Crippen LogP contribution < -0.4 is 0 Å². The van der Waals surface area contributed by atoms with Crippen LogP contribution in [0, 0.1) is 0 Å². The zero-order valence-electron chi connectivity index (χ0n) is 9.57. The topological polar surface area (TPSA) is 43.8 Å². The number of rotatable bonds is 4. The van der Waals surface area contributed by atoms with E-state index in [-0.39, 0.29) is 6.54 Å². The quantitative estimate of drug-likeness (QED) is 0.695. The van der Waals surface area contributed by atoms with E-state index in [4.69, 9.17) is 5.11 Å². The van der Waals surface area contributed by atoms with Gasteiger partial charge < -0.3 is 5.11 Å². The molecule has 0 aliphatic carbocycles. The van der Waals surface area contributed by atoms with Gasteiger partial charge in [-0.1, -0.05) is 11.6 Å². The summed E-state index contributed by atoms with van der Waals surface area (Å²) in [5.74, 6) is -0.729. The molecule has 0 amide bonds. The van der Waals surface area contributed by atoms with E-state index in [2.05, 4.69) is 24.8 Å². The van der Waals surface area contributed by atoms with Crippen molar-refractivity contribution in [1.82, 2.24) is 9.80 Å². The van der Waals surface area contributed by atoms with Gasteiger partial charge in [-0.05, 0) is 13.8 Å². The van der Waals surface area contributed by atoms with E-state index >= 15 is 0 Å². The second kappa shape index (κ2) is 5.88. The highest BCUT2D eigenvalue weighted by atomic mass is 16.4. The van der Waals surface area contributed by atoms with Gasteiger partial charge >= 0.3 is 5.97 Å². The normalized spacial score (nSPS) is 18.8. The highest BCUT2D eigenvalue weighted by Gasteiger charge is 2.17. The summed E-state index contributed by atoms with van der Waals surface area (Å²) in [6.07, 6.45) is 2.22. The molecule has 0 spiro atoms. The van der Waals surface area contributed by atoms with E-state index in [0.717, 1.165) is 32.7 Å². The van der Waals surface area contributed by atoms with E-state index in [1.54, 1.807) is 0 Å². The lowest BCUT2D eigenvalue weighted by atomic mass is 10.2. The van der Waals surface area contributed by atoms with Crippen molar-refractivity contribution in [2.24, 2.45) is 0 Å². The van der Waals surface area contributed by atoms with Crippen LogP contribution in [-0.2, 0) is 4.79 Å². The van der Waals surface area contributed by atoms with E-state index in [0.29, 0.717) is 0 Å². The number of piperazine rings is 1. The number of hydrogen-bond donors (Lipinski definition) is 1. The Hall–Kier alpha value is -0.870. The average Bonchev–Trinajstić information content (AvgIpc) is 2.16. The molecule has 0 bridgehead atoms. The molecule has 1 N–H and O–H groups in total. The summed E-state index contributed by atoms with van der Waals surface area (Å²) in [4.78, 5) is 14.8. The third-order valence-electron chi connectivity index (χ3n) is 2.58. The predicted molar refractivity (Wildman–Crippen MR) is 59.9 cm³/mol. The van der Waals surface area contributed by atoms with Crippen LogP contribution in [-0.4, -0.2) is 60.1 Å². The van der Waals surface area contributed by atoms with Gasteiger partial charge in [0.05, 0.1) is 6.54 Å². The van der Waals surface area contributed by atoms with Crippen LogP contribution in [0.4, 0.5) is 0 Å². The van der Waals surface area contributed by atoms with Gasteiger partial charge in [0.15, 0.2) is 0 Å². The Morgan fingerprint density at radius 3 is 2.20 bits per heavy atom. The number of hydrogen-bond acceptors (Lipinski definition) is 3. The van der Waals surface area contributed by atoms with Crippen molar-refractivity contribution < 1.29 is 9.90 Å². The lowest BCUT2D eigenvalue weighted by Gasteiger charge is -2.33. The Labute approximate surface area is 91.2 Å². The first kappa shape index (κ1) is 12.2. The van der Waals surface area contributed by atoms with Crippen molar-refractivity contribution in [1.29, 1.82) is 0 Å². The summed E-state index contributed by atoms with van der Waals surface area (Å²) in [5, 5.41) is 8.64. The fraction of sp³-hybridized carbons (Fsp3) is 0.727. The van der Waals surface area contributed by atoms with E-state index in [9.17, 15) is 4.79 Å². The van der Waals surface area contributed by atoms with Crippen molar-refractivity contribution in [3.8, 4) is 0 Å². The van der Waals surface area contributed by atoms with E-state index in [1.165, 1.54) is 5.57 Å². The molecule has 1 aliphatic heterocycles. The third-order valence-corrected chi connectivity index (χ3v) is 2.58. The summed E-state index contributed by atoms with van der Waals surface area (Å²) < 4.78 is 0. The molecule has 86 valence electrons. The maximum absolute atomic E-state index is 10.5. The molecule has 1 aliphatic rings. The van der Waals surface area contributed by atoms with Crippen LogP contribution in [0.3, 0.4) is 0 Å². The number of carboxylic acids is 1. The second-order valence-electron chi connectivity index (χ2n) is 4.25. The molecule has 4 heteroatoms. The molecule has 1 rings (SSSR count). The Kier molecular flexibility index (Phi) is 4.78. The van der Waals surface area contributed by atoms with E-state index in [1.807, 2.05) is 4.90 Å². The van der Waals surface area contributed by atoms with E-state index < -0.39 is 5.97 Å². The smallest absolute Gasteiger partial charge is 0.317 e. The first-order valence-corrected chi connectivity index (χ1v) is 5.38. The maximum atomic E-state index is 10.5. The van der Waals surface area contributed by atoms with Crippen LogP contribution in [0.2, 0.25) is 0 Å². The minimum atomic E-state index is -0.729. The Balaban J connectivity index is 2.23. The number of nitrogens with zero attached hydrogens (tertiary/aromatic N) is 2. The van der Waals surface area contributed by atoms with Gasteiger partial charge in [-0.3, -0.25) is 14.6 Å². The fourth-order valence-electron chi connectivity index (χ4n) is 1.63. The molecular formula is C11H20N2O2. The van der Waals surface area contributed by atoms with Gasteiger partial charge in [-0.2, -0.15) is 0 Å². The molecule has 0 radical (unpaired) electrons. The van der Waals surface area contributed by atoms with Gasteiger partial charge in [-0.15, -0.1) is 0 Å². The van der Waals surface area contributed by atoms with Crippen LogP contribution in [0.5, 0.6) is 0 Å². The highest BCUT2D eigenvalue weighted by Crippen LogP contribution is 2.02. The molecule has 0 aromatic heterocycles.